The van der Waals surface area contributed by atoms with Crippen LogP contribution in [0.25, 0.3) is 0 Å². The van der Waals surface area contributed by atoms with E-state index in [4.69, 9.17) is 4.74 Å². The first kappa shape index (κ1) is 24.9. The van der Waals surface area contributed by atoms with Crippen LogP contribution in [-0.4, -0.2) is 43.1 Å². The number of alkyl halides is 2. The average molecular weight is 523 g/mol. The Hall–Kier alpha value is -2.11. The van der Waals surface area contributed by atoms with Crippen molar-refractivity contribution in [3.05, 3.63) is 40.7 Å². The smallest absolute Gasteiger partial charge is 0.387 e. The van der Waals surface area contributed by atoms with Crippen molar-refractivity contribution >= 4 is 29.9 Å². The highest BCUT2D eigenvalue weighted by Gasteiger charge is 2.12. The molecule has 0 atom stereocenters. The Morgan fingerprint density at radius 2 is 2.00 bits per heavy atom. The second kappa shape index (κ2) is 11.8. The van der Waals surface area contributed by atoms with Crippen molar-refractivity contribution in [1.82, 2.24) is 20.4 Å². The lowest BCUT2D eigenvalue weighted by atomic mass is 10.1. The molecule has 1 aromatic carbocycles. The van der Waals surface area contributed by atoms with Gasteiger partial charge >= 0.3 is 6.61 Å². The van der Waals surface area contributed by atoms with Crippen molar-refractivity contribution in [2.24, 2.45) is 12.0 Å². The number of rotatable bonds is 8. The molecule has 162 valence electrons. The van der Waals surface area contributed by atoms with Crippen LogP contribution >= 0.6 is 24.0 Å². The van der Waals surface area contributed by atoms with Crippen molar-refractivity contribution in [2.75, 3.05) is 20.7 Å². The number of aromatic nitrogens is 2. The van der Waals surface area contributed by atoms with Crippen LogP contribution in [0, 0.1) is 13.8 Å². The van der Waals surface area contributed by atoms with Gasteiger partial charge in [-0.25, -0.2) is 0 Å². The third-order valence-electron chi connectivity index (χ3n) is 4.48. The molecule has 0 saturated carbocycles. The molecule has 29 heavy (non-hydrogen) atoms. The molecule has 0 unspecified atom stereocenters. The van der Waals surface area contributed by atoms with Crippen LogP contribution in [0.5, 0.6) is 11.5 Å². The molecule has 0 bridgehead atoms. The topological polar surface area (TPSA) is 72.7 Å². The molecule has 2 aromatic rings. The van der Waals surface area contributed by atoms with E-state index in [9.17, 15) is 8.78 Å². The fourth-order valence-electron chi connectivity index (χ4n) is 2.92. The van der Waals surface area contributed by atoms with Crippen LogP contribution in [0.4, 0.5) is 8.78 Å². The van der Waals surface area contributed by atoms with Crippen LogP contribution < -0.4 is 20.1 Å². The number of halogens is 3. The minimum Gasteiger partial charge on any atom is -0.497 e. The highest BCUT2D eigenvalue weighted by Crippen LogP contribution is 2.25. The first-order valence-electron chi connectivity index (χ1n) is 8.91. The van der Waals surface area contributed by atoms with Gasteiger partial charge in [-0.05, 0) is 44.0 Å². The van der Waals surface area contributed by atoms with Gasteiger partial charge in [0.15, 0.2) is 5.96 Å². The normalized spacial score (nSPS) is 11.2. The molecule has 2 N–H and O–H groups in total. The fourth-order valence-corrected chi connectivity index (χ4v) is 2.92. The maximum atomic E-state index is 12.6. The van der Waals surface area contributed by atoms with Gasteiger partial charge in [0.1, 0.15) is 11.5 Å². The van der Waals surface area contributed by atoms with Gasteiger partial charge in [0, 0.05) is 38.4 Å². The third kappa shape index (κ3) is 7.02. The summed E-state index contributed by atoms with van der Waals surface area (Å²) in [4.78, 5) is 4.17. The summed E-state index contributed by atoms with van der Waals surface area (Å²) in [6.45, 7) is 2.05. The largest absolute Gasteiger partial charge is 0.497 e. The summed E-state index contributed by atoms with van der Waals surface area (Å²) in [5.74, 6) is 1.22. The van der Waals surface area contributed by atoms with E-state index in [1.807, 2.05) is 25.6 Å². The van der Waals surface area contributed by atoms with E-state index in [0.717, 1.165) is 17.8 Å². The molecular weight excluding hydrogens is 495 g/mol. The third-order valence-corrected chi connectivity index (χ3v) is 4.48. The summed E-state index contributed by atoms with van der Waals surface area (Å²) in [7, 11) is 5.09. The number of nitrogens with zero attached hydrogens (tertiary/aromatic N) is 3. The van der Waals surface area contributed by atoms with Gasteiger partial charge in [-0.3, -0.25) is 9.67 Å². The Bertz CT molecular complexity index is 827. The van der Waals surface area contributed by atoms with Crippen LogP contribution in [0.2, 0.25) is 0 Å². The zero-order chi connectivity index (χ0) is 20.7. The monoisotopic (exact) mass is 523 g/mol. The summed E-state index contributed by atoms with van der Waals surface area (Å²) in [5.41, 5.74) is 3.88. The van der Waals surface area contributed by atoms with E-state index in [1.54, 1.807) is 19.2 Å². The van der Waals surface area contributed by atoms with Crippen LogP contribution in [0.1, 0.15) is 22.5 Å². The summed E-state index contributed by atoms with van der Waals surface area (Å²) >= 11 is 0. The van der Waals surface area contributed by atoms with E-state index < -0.39 is 6.61 Å². The zero-order valence-electron chi connectivity index (χ0n) is 17.3. The Morgan fingerprint density at radius 3 is 2.55 bits per heavy atom. The summed E-state index contributed by atoms with van der Waals surface area (Å²) < 4.78 is 36.9. The molecular formula is C19H28F2IN5O2. The van der Waals surface area contributed by atoms with Crippen molar-refractivity contribution in [1.29, 1.82) is 0 Å². The second-order valence-corrected chi connectivity index (χ2v) is 6.23. The minimum absolute atomic E-state index is 0. The van der Waals surface area contributed by atoms with E-state index in [2.05, 4.69) is 25.5 Å². The Balaban J connectivity index is 0.00000420. The molecule has 2 rings (SSSR count). The van der Waals surface area contributed by atoms with E-state index in [0.29, 0.717) is 23.8 Å². The number of nitrogens with one attached hydrogen (secondary N) is 2. The van der Waals surface area contributed by atoms with Crippen molar-refractivity contribution < 1.29 is 18.3 Å². The molecule has 0 aliphatic heterocycles. The number of benzene rings is 1. The molecule has 1 aromatic heterocycles. The number of guanidine groups is 1. The van der Waals surface area contributed by atoms with Gasteiger partial charge < -0.3 is 20.1 Å². The van der Waals surface area contributed by atoms with Crippen LogP contribution in [0.3, 0.4) is 0 Å². The number of aliphatic imine (C=N–C) groups is 1. The molecule has 10 heteroatoms. The van der Waals surface area contributed by atoms with Crippen LogP contribution in [-0.2, 0) is 20.0 Å². The van der Waals surface area contributed by atoms with Crippen molar-refractivity contribution in [2.45, 2.75) is 33.4 Å². The summed E-state index contributed by atoms with van der Waals surface area (Å²) in [6.07, 6.45) is 0.797. The lowest BCUT2D eigenvalue weighted by Gasteiger charge is -2.15. The van der Waals surface area contributed by atoms with Gasteiger partial charge in [0.2, 0.25) is 0 Å². The Kier molecular flexibility index (Phi) is 10.1. The predicted octanol–water partition coefficient (Wildman–Crippen LogP) is 3.17. The maximum Gasteiger partial charge on any atom is 0.387 e. The molecule has 0 saturated heterocycles. The van der Waals surface area contributed by atoms with E-state index >= 15 is 0 Å². The van der Waals surface area contributed by atoms with Crippen molar-refractivity contribution in [3.8, 4) is 11.5 Å². The SMILES string of the molecule is CN=C(NCCc1c(C)nn(C)c1C)NCc1cc(OC)ccc1OC(F)F.I. The van der Waals surface area contributed by atoms with Crippen LogP contribution in [0.15, 0.2) is 23.2 Å². The number of aryl methyl sites for hydroxylation is 2. The van der Waals surface area contributed by atoms with Gasteiger partial charge in [0.05, 0.1) is 12.8 Å². The molecule has 0 radical (unpaired) electrons. The van der Waals surface area contributed by atoms with E-state index in [1.165, 1.54) is 18.7 Å². The number of hydrogen-bond acceptors (Lipinski definition) is 4. The lowest BCUT2D eigenvalue weighted by molar-refractivity contribution is -0.0504. The van der Waals surface area contributed by atoms with E-state index in [-0.39, 0.29) is 36.3 Å². The Labute approximate surface area is 186 Å². The molecule has 7 nitrogen and oxygen atoms in total. The summed E-state index contributed by atoms with van der Waals surface area (Å²) in [5, 5.41) is 10.7. The highest BCUT2D eigenvalue weighted by atomic mass is 127. The molecule has 0 aliphatic rings. The first-order chi connectivity index (χ1) is 13.3. The quantitative estimate of drug-likeness (QED) is 0.316. The van der Waals surface area contributed by atoms with Gasteiger partial charge in [0.25, 0.3) is 0 Å². The molecule has 0 amide bonds. The maximum absolute atomic E-state index is 12.6. The van der Waals surface area contributed by atoms with Gasteiger partial charge in [-0.2, -0.15) is 13.9 Å². The number of ether oxygens (including phenoxy) is 2. The fraction of sp³-hybridized carbons (Fsp3) is 0.474. The molecule has 1 heterocycles. The molecule has 0 fully saturated rings. The Morgan fingerprint density at radius 1 is 1.28 bits per heavy atom. The highest BCUT2D eigenvalue weighted by molar-refractivity contribution is 14.0. The minimum atomic E-state index is -2.89. The number of hydrogen-bond donors (Lipinski definition) is 2. The van der Waals surface area contributed by atoms with Gasteiger partial charge in [-0.15, -0.1) is 24.0 Å². The zero-order valence-corrected chi connectivity index (χ0v) is 19.6. The number of methoxy groups -OCH3 is 1. The second-order valence-electron chi connectivity index (χ2n) is 6.23. The van der Waals surface area contributed by atoms with Gasteiger partial charge in [-0.1, -0.05) is 0 Å². The average Bonchev–Trinajstić information content (AvgIpc) is 2.90. The molecule has 0 spiro atoms. The van der Waals surface area contributed by atoms with Crippen molar-refractivity contribution in [3.63, 3.8) is 0 Å². The molecule has 0 aliphatic carbocycles. The summed E-state index contributed by atoms with van der Waals surface area (Å²) in [6, 6.07) is 4.69. The lowest BCUT2D eigenvalue weighted by Crippen LogP contribution is -2.38. The predicted molar refractivity (Wildman–Crippen MR) is 120 cm³/mol. The standard InChI is InChI=1S/C19H27F2N5O2.HI/c1-12-16(13(2)26(4)25-12)8-9-23-19(22-3)24-11-14-10-15(27-5)6-7-17(14)28-18(20)21;/h6-7,10,18H,8-9,11H2,1-5H3,(H2,22,23,24);1H. The first-order valence-corrected chi connectivity index (χ1v) is 8.91.